The second-order valence-corrected chi connectivity index (χ2v) is 4.00. The number of carbonyl (C=O) groups is 1. The number of hydrogen-bond donors (Lipinski definition) is 2. The third kappa shape index (κ3) is 2.96. The van der Waals surface area contributed by atoms with Crippen LogP contribution in [0.4, 0.5) is 0 Å². The number of nitrogens with one attached hydrogen (secondary N) is 1. The molecule has 3 unspecified atom stereocenters. The van der Waals surface area contributed by atoms with Gasteiger partial charge in [0.25, 0.3) is 0 Å². The highest BCUT2D eigenvalue weighted by molar-refractivity contribution is 5.80. The van der Waals surface area contributed by atoms with Gasteiger partial charge in [0.05, 0.1) is 12.1 Å². The zero-order valence-electron chi connectivity index (χ0n) is 8.95. The van der Waals surface area contributed by atoms with E-state index in [9.17, 15) is 4.79 Å². The van der Waals surface area contributed by atoms with Crippen molar-refractivity contribution in [2.45, 2.75) is 38.3 Å². The van der Waals surface area contributed by atoms with E-state index in [-0.39, 0.29) is 5.91 Å². The summed E-state index contributed by atoms with van der Waals surface area (Å²) in [5.41, 5.74) is 5.44. The maximum Gasteiger partial charge on any atom is 0.236 e. The lowest BCUT2D eigenvalue weighted by atomic mass is 10.1. The summed E-state index contributed by atoms with van der Waals surface area (Å²) in [6.07, 6.45) is 3.74. The monoisotopic (exact) mass is 200 g/mol. The first-order chi connectivity index (χ1) is 6.65. The zero-order valence-corrected chi connectivity index (χ0v) is 8.95. The van der Waals surface area contributed by atoms with Crippen LogP contribution >= 0.6 is 0 Å². The third-order valence-electron chi connectivity index (χ3n) is 2.84. The molecule has 0 saturated heterocycles. The molecule has 1 fully saturated rings. The molecule has 4 nitrogen and oxygen atoms in total. The molecule has 0 aromatic carbocycles. The Morgan fingerprint density at radius 3 is 2.93 bits per heavy atom. The molecule has 4 heteroatoms. The Hall–Kier alpha value is -0.610. The molecule has 1 rings (SSSR count). The maximum absolute atomic E-state index is 11.2. The van der Waals surface area contributed by atoms with E-state index < -0.39 is 6.04 Å². The van der Waals surface area contributed by atoms with Crippen LogP contribution < -0.4 is 11.1 Å². The molecule has 1 aliphatic carbocycles. The minimum absolute atomic E-state index is 0.0771. The number of rotatable bonds is 4. The maximum atomic E-state index is 11.2. The molecule has 0 aromatic rings. The van der Waals surface area contributed by atoms with Gasteiger partial charge in [0, 0.05) is 19.6 Å². The van der Waals surface area contributed by atoms with Crippen molar-refractivity contribution >= 4 is 5.91 Å². The molecule has 82 valence electrons. The summed E-state index contributed by atoms with van der Waals surface area (Å²) in [5, 5.41) is 2.84. The number of hydrogen-bond acceptors (Lipinski definition) is 3. The molecule has 1 aliphatic rings. The Morgan fingerprint density at radius 1 is 1.64 bits per heavy atom. The summed E-state index contributed by atoms with van der Waals surface area (Å²) in [5.74, 6) is 0.384. The minimum atomic E-state index is -0.419. The van der Waals surface area contributed by atoms with Crippen LogP contribution in [-0.4, -0.2) is 31.7 Å². The van der Waals surface area contributed by atoms with Crippen LogP contribution in [0.3, 0.4) is 0 Å². The van der Waals surface area contributed by atoms with Crippen molar-refractivity contribution in [1.29, 1.82) is 0 Å². The van der Waals surface area contributed by atoms with Gasteiger partial charge in [-0.05, 0) is 19.8 Å². The first-order valence-electron chi connectivity index (χ1n) is 5.21. The van der Waals surface area contributed by atoms with Gasteiger partial charge < -0.3 is 15.8 Å². The molecule has 0 heterocycles. The Kier molecular flexibility index (Phi) is 4.35. The highest BCUT2D eigenvalue weighted by atomic mass is 16.5. The van der Waals surface area contributed by atoms with Crippen molar-refractivity contribution in [2.24, 2.45) is 11.7 Å². The molecule has 0 aromatic heterocycles. The first kappa shape index (κ1) is 11.5. The number of carbonyl (C=O) groups excluding carboxylic acids is 1. The lowest BCUT2D eigenvalue weighted by Gasteiger charge is -2.19. The van der Waals surface area contributed by atoms with Crippen LogP contribution in [0.15, 0.2) is 0 Å². The summed E-state index contributed by atoms with van der Waals surface area (Å²) in [6.45, 7) is 2.39. The van der Waals surface area contributed by atoms with E-state index in [1.54, 1.807) is 14.0 Å². The molecule has 3 atom stereocenters. The Balaban J connectivity index is 2.27. The predicted octanol–water partition coefficient (Wildman–Crippen LogP) is 0.265. The van der Waals surface area contributed by atoms with Gasteiger partial charge in [-0.1, -0.05) is 6.42 Å². The second-order valence-electron chi connectivity index (χ2n) is 4.00. The number of nitrogens with two attached hydrogens (primary N) is 1. The quantitative estimate of drug-likeness (QED) is 0.684. The normalized spacial score (nSPS) is 28.8. The van der Waals surface area contributed by atoms with Gasteiger partial charge in [-0.3, -0.25) is 4.79 Å². The Morgan fingerprint density at radius 2 is 2.36 bits per heavy atom. The summed E-state index contributed by atoms with van der Waals surface area (Å²) in [7, 11) is 1.73. The lowest BCUT2D eigenvalue weighted by molar-refractivity contribution is -0.122. The van der Waals surface area contributed by atoms with Gasteiger partial charge in [0.15, 0.2) is 0 Å². The van der Waals surface area contributed by atoms with Crippen molar-refractivity contribution in [3.63, 3.8) is 0 Å². The molecular weight excluding hydrogens is 180 g/mol. The van der Waals surface area contributed by atoms with Gasteiger partial charge >= 0.3 is 0 Å². The smallest absolute Gasteiger partial charge is 0.236 e. The van der Waals surface area contributed by atoms with Gasteiger partial charge in [0.1, 0.15) is 0 Å². The van der Waals surface area contributed by atoms with Crippen LogP contribution in [0, 0.1) is 5.92 Å². The highest BCUT2D eigenvalue weighted by Crippen LogP contribution is 2.26. The van der Waals surface area contributed by atoms with Crippen molar-refractivity contribution in [2.75, 3.05) is 13.7 Å². The molecule has 0 radical (unpaired) electrons. The molecular formula is C10H20N2O2. The SMILES string of the molecule is COC1CCCC1CNC(=O)C(C)N. The van der Waals surface area contributed by atoms with E-state index in [1.807, 2.05) is 0 Å². The first-order valence-corrected chi connectivity index (χ1v) is 5.21. The van der Waals surface area contributed by atoms with E-state index in [0.717, 1.165) is 12.8 Å². The molecule has 0 aliphatic heterocycles. The molecule has 1 saturated carbocycles. The largest absolute Gasteiger partial charge is 0.381 e. The Labute approximate surface area is 85.2 Å². The van der Waals surface area contributed by atoms with Crippen LogP contribution in [0.2, 0.25) is 0 Å². The van der Waals surface area contributed by atoms with E-state index >= 15 is 0 Å². The fourth-order valence-corrected chi connectivity index (χ4v) is 1.94. The summed E-state index contributed by atoms with van der Waals surface area (Å²) in [6, 6.07) is -0.419. The second kappa shape index (κ2) is 5.32. The van der Waals surface area contributed by atoms with E-state index in [4.69, 9.17) is 10.5 Å². The molecule has 14 heavy (non-hydrogen) atoms. The summed E-state index contributed by atoms with van der Waals surface area (Å²) in [4.78, 5) is 11.2. The number of ether oxygens (including phenoxy) is 1. The van der Waals surface area contributed by atoms with Crippen LogP contribution in [-0.2, 0) is 9.53 Å². The predicted molar refractivity (Wildman–Crippen MR) is 54.8 cm³/mol. The highest BCUT2D eigenvalue weighted by Gasteiger charge is 2.27. The van der Waals surface area contributed by atoms with Gasteiger partial charge in [0.2, 0.25) is 5.91 Å². The van der Waals surface area contributed by atoms with E-state index in [2.05, 4.69) is 5.32 Å². The summed E-state index contributed by atoms with van der Waals surface area (Å²) >= 11 is 0. The standard InChI is InChI=1S/C10H20N2O2/c1-7(11)10(13)12-6-8-4-3-5-9(8)14-2/h7-9H,3-6,11H2,1-2H3,(H,12,13). The summed E-state index contributed by atoms with van der Waals surface area (Å²) < 4.78 is 5.33. The average molecular weight is 200 g/mol. The fraction of sp³-hybridized carbons (Fsp3) is 0.900. The van der Waals surface area contributed by atoms with Crippen molar-refractivity contribution < 1.29 is 9.53 Å². The molecule has 3 N–H and O–H groups in total. The topological polar surface area (TPSA) is 64.3 Å². The average Bonchev–Trinajstić information content (AvgIpc) is 2.60. The zero-order chi connectivity index (χ0) is 10.6. The third-order valence-corrected chi connectivity index (χ3v) is 2.84. The van der Waals surface area contributed by atoms with Crippen LogP contribution in [0.1, 0.15) is 26.2 Å². The molecule has 0 spiro atoms. The lowest BCUT2D eigenvalue weighted by Crippen LogP contribution is -2.41. The Bertz CT molecular complexity index is 195. The van der Waals surface area contributed by atoms with Crippen molar-refractivity contribution in [1.82, 2.24) is 5.32 Å². The fourth-order valence-electron chi connectivity index (χ4n) is 1.94. The number of amides is 1. The minimum Gasteiger partial charge on any atom is -0.381 e. The van der Waals surface area contributed by atoms with Gasteiger partial charge in [-0.15, -0.1) is 0 Å². The van der Waals surface area contributed by atoms with E-state index in [0.29, 0.717) is 18.6 Å². The van der Waals surface area contributed by atoms with Crippen molar-refractivity contribution in [3.8, 4) is 0 Å². The molecule has 0 bridgehead atoms. The van der Waals surface area contributed by atoms with Gasteiger partial charge in [-0.2, -0.15) is 0 Å². The number of methoxy groups -OCH3 is 1. The van der Waals surface area contributed by atoms with Gasteiger partial charge in [-0.25, -0.2) is 0 Å². The van der Waals surface area contributed by atoms with Crippen molar-refractivity contribution in [3.05, 3.63) is 0 Å². The van der Waals surface area contributed by atoms with Crippen LogP contribution in [0.25, 0.3) is 0 Å². The van der Waals surface area contributed by atoms with E-state index in [1.165, 1.54) is 6.42 Å². The van der Waals surface area contributed by atoms with Crippen LogP contribution in [0.5, 0.6) is 0 Å². The molecule has 1 amide bonds.